The molecule has 0 aliphatic carbocycles. The van der Waals surface area contributed by atoms with Gasteiger partial charge in [-0.25, -0.2) is 9.97 Å². The first-order valence-corrected chi connectivity index (χ1v) is 8.95. The monoisotopic (exact) mass is 390 g/mol. The lowest BCUT2D eigenvalue weighted by Gasteiger charge is -2.14. The molecule has 1 unspecified atom stereocenters. The third-order valence-corrected chi connectivity index (χ3v) is 4.52. The van der Waals surface area contributed by atoms with Gasteiger partial charge < -0.3 is 11.1 Å². The van der Waals surface area contributed by atoms with Crippen LogP contribution in [0.15, 0.2) is 71.9 Å². The number of aromatic nitrogens is 2. The highest BCUT2D eigenvalue weighted by Gasteiger charge is 2.29. The molecule has 1 heterocycles. The molecule has 140 valence electrons. The average molecular weight is 390 g/mol. The van der Waals surface area contributed by atoms with Crippen LogP contribution in [0, 0.1) is 0 Å². The summed E-state index contributed by atoms with van der Waals surface area (Å²) in [5.41, 5.74) is 4.19. The van der Waals surface area contributed by atoms with E-state index in [2.05, 4.69) is 15.3 Å². The number of nitrogens with zero attached hydrogens (tertiary/aromatic N) is 2. The fourth-order valence-electron chi connectivity index (χ4n) is 2.47. The molecule has 0 fully saturated rings. The SMILES string of the molecule is NC(CNc1cc(-c2ccc(SC(F)(F)F)cc2)ncn1)c1ccccc1. The minimum Gasteiger partial charge on any atom is -0.368 e. The molecule has 1 atom stereocenters. The Bertz CT molecular complexity index is 870. The molecule has 27 heavy (non-hydrogen) atoms. The van der Waals surface area contributed by atoms with Crippen molar-refractivity contribution in [1.82, 2.24) is 9.97 Å². The van der Waals surface area contributed by atoms with Gasteiger partial charge in [0.25, 0.3) is 0 Å². The van der Waals surface area contributed by atoms with E-state index in [0.717, 1.165) is 5.56 Å². The lowest BCUT2D eigenvalue weighted by molar-refractivity contribution is -0.0328. The smallest absolute Gasteiger partial charge is 0.368 e. The summed E-state index contributed by atoms with van der Waals surface area (Å²) < 4.78 is 37.2. The second-order valence-electron chi connectivity index (χ2n) is 5.76. The van der Waals surface area contributed by atoms with Crippen molar-refractivity contribution in [2.75, 3.05) is 11.9 Å². The van der Waals surface area contributed by atoms with Gasteiger partial charge in [0.05, 0.1) is 5.69 Å². The van der Waals surface area contributed by atoms with E-state index in [4.69, 9.17) is 5.73 Å². The van der Waals surface area contributed by atoms with Crippen molar-refractivity contribution in [2.45, 2.75) is 16.4 Å². The largest absolute Gasteiger partial charge is 0.446 e. The predicted molar refractivity (Wildman–Crippen MR) is 101 cm³/mol. The quantitative estimate of drug-likeness (QED) is 0.588. The molecule has 0 aliphatic rings. The highest BCUT2D eigenvalue weighted by atomic mass is 32.2. The van der Waals surface area contributed by atoms with Crippen molar-refractivity contribution >= 4 is 17.6 Å². The van der Waals surface area contributed by atoms with Crippen LogP contribution in [0.2, 0.25) is 0 Å². The van der Waals surface area contributed by atoms with Gasteiger partial charge in [-0.2, -0.15) is 13.2 Å². The number of rotatable bonds is 6. The highest BCUT2D eigenvalue weighted by molar-refractivity contribution is 8.00. The lowest BCUT2D eigenvalue weighted by atomic mass is 10.1. The molecule has 1 aromatic heterocycles. The summed E-state index contributed by atoms with van der Waals surface area (Å²) >= 11 is -0.142. The Labute approximate surface area is 159 Å². The Morgan fingerprint density at radius 3 is 2.37 bits per heavy atom. The molecule has 0 saturated heterocycles. The molecule has 2 aromatic carbocycles. The van der Waals surface area contributed by atoms with Crippen molar-refractivity contribution in [3.63, 3.8) is 0 Å². The van der Waals surface area contributed by atoms with Crippen LogP contribution in [0.1, 0.15) is 11.6 Å². The number of alkyl halides is 3. The van der Waals surface area contributed by atoms with Gasteiger partial charge in [0.2, 0.25) is 0 Å². The Hall–Kier alpha value is -2.58. The van der Waals surface area contributed by atoms with E-state index < -0.39 is 5.51 Å². The Kier molecular flexibility index (Phi) is 5.98. The summed E-state index contributed by atoms with van der Waals surface area (Å²) in [7, 11) is 0. The number of thioether (sulfide) groups is 1. The van der Waals surface area contributed by atoms with Crippen LogP contribution < -0.4 is 11.1 Å². The third-order valence-electron chi connectivity index (χ3n) is 3.78. The molecule has 0 saturated carbocycles. The van der Waals surface area contributed by atoms with Gasteiger partial charge in [0.1, 0.15) is 12.1 Å². The maximum Gasteiger partial charge on any atom is 0.446 e. The fourth-order valence-corrected chi connectivity index (χ4v) is 3.01. The van der Waals surface area contributed by atoms with E-state index in [1.165, 1.54) is 18.5 Å². The second kappa shape index (κ2) is 8.41. The number of nitrogens with two attached hydrogens (primary N) is 1. The number of nitrogens with one attached hydrogen (secondary N) is 1. The lowest BCUT2D eigenvalue weighted by Crippen LogP contribution is -2.20. The zero-order chi connectivity index (χ0) is 19.3. The molecule has 0 bridgehead atoms. The first-order chi connectivity index (χ1) is 12.9. The van der Waals surface area contributed by atoms with Gasteiger partial charge in [0.15, 0.2) is 0 Å². The number of halogens is 3. The van der Waals surface area contributed by atoms with Gasteiger partial charge in [0, 0.05) is 29.1 Å². The number of hydrogen-bond donors (Lipinski definition) is 2. The summed E-state index contributed by atoms with van der Waals surface area (Å²) in [5, 5.41) is 3.17. The van der Waals surface area contributed by atoms with Crippen LogP contribution >= 0.6 is 11.8 Å². The molecule has 3 N–H and O–H groups in total. The van der Waals surface area contributed by atoms with Crippen LogP contribution in [0.5, 0.6) is 0 Å². The summed E-state index contributed by atoms with van der Waals surface area (Å²) in [6.07, 6.45) is 1.41. The molecule has 0 radical (unpaired) electrons. The first-order valence-electron chi connectivity index (χ1n) is 8.13. The Morgan fingerprint density at radius 1 is 1.00 bits per heavy atom. The van der Waals surface area contributed by atoms with Gasteiger partial charge in [-0.3, -0.25) is 0 Å². The Balaban J connectivity index is 1.66. The van der Waals surface area contributed by atoms with Crippen molar-refractivity contribution < 1.29 is 13.2 Å². The summed E-state index contributed by atoms with van der Waals surface area (Å²) in [4.78, 5) is 8.49. The van der Waals surface area contributed by atoms with Crippen molar-refractivity contribution in [1.29, 1.82) is 0 Å². The summed E-state index contributed by atoms with van der Waals surface area (Å²) in [6, 6.07) is 17.3. The molecular weight excluding hydrogens is 373 g/mol. The van der Waals surface area contributed by atoms with Crippen molar-refractivity contribution in [3.05, 3.63) is 72.6 Å². The van der Waals surface area contributed by atoms with Gasteiger partial charge in [-0.15, -0.1) is 0 Å². The normalized spacial score (nSPS) is 12.6. The molecule has 8 heteroatoms. The molecular formula is C19H17F3N4S. The van der Waals surface area contributed by atoms with Crippen LogP contribution in [0.4, 0.5) is 19.0 Å². The minimum atomic E-state index is -4.30. The molecule has 0 amide bonds. The topological polar surface area (TPSA) is 63.8 Å². The molecule has 3 rings (SSSR count). The first kappa shape index (κ1) is 19.2. The molecule has 3 aromatic rings. The molecule has 4 nitrogen and oxygen atoms in total. The predicted octanol–water partition coefficient (Wildman–Crippen LogP) is 4.87. The van der Waals surface area contributed by atoms with E-state index in [-0.39, 0.29) is 22.7 Å². The van der Waals surface area contributed by atoms with E-state index in [1.807, 2.05) is 30.3 Å². The van der Waals surface area contributed by atoms with Crippen molar-refractivity contribution in [3.8, 4) is 11.3 Å². The van der Waals surface area contributed by atoms with E-state index in [9.17, 15) is 13.2 Å². The zero-order valence-corrected chi connectivity index (χ0v) is 15.0. The van der Waals surface area contributed by atoms with Gasteiger partial charge in [-0.05, 0) is 29.5 Å². The maximum absolute atomic E-state index is 12.4. The van der Waals surface area contributed by atoms with Crippen LogP contribution in [-0.2, 0) is 0 Å². The minimum absolute atomic E-state index is 0.132. The molecule has 0 spiro atoms. The van der Waals surface area contributed by atoms with Gasteiger partial charge >= 0.3 is 5.51 Å². The van der Waals surface area contributed by atoms with E-state index >= 15 is 0 Å². The van der Waals surface area contributed by atoms with Crippen LogP contribution in [-0.4, -0.2) is 22.0 Å². The zero-order valence-electron chi connectivity index (χ0n) is 14.1. The van der Waals surface area contributed by atoms with E-state index in [1.54, 1.807) is 18.2 Å². The second-order valence-corrected chi connectivity index (χ2v) is 6.90. The van der Waals surface area contributed by atoms with Crippen LogP contribution in [0.3, 0.4) is 0 Å². The summed E-state index contributed by atoms with van der Waals surface area (Å²) in [6.45, 7) is 0.488. The maximum atomic E-state index is 12.4. The number of hydrogen-bond acceptors (Lipinski definition) is 5. The third kappa shape index (κ3) is 5.70. The fraction of sp³-hybridized carbons (Fsp3) is 0.158. The number of benzene rings is 2. The van der Waals surface area contributed by atoms with Crippen molar-refractivity contribution in [2.24, 2.45) is 5.73 Å². The average Bonchev–Trinajstić information content (AvgIpc) is 2.66. The van der Waals surface area contributed by atoms with Crippen LogP contribution in [0.25, 0.3) is 11.3 Å². The molecule has 0 aliphatic heterocycles. The highest BCUT2D eigenvalue weighted by Crippen LogP contribution is 2.37. The standard InChI is InChI=1S/C19H17F3N4S/c20-19(21,22)27-15-8-6-14(7-9-15)17-10-18(26-12-25-17)24-11-16(23)13-4-2-1-3-5-13/h1-10,12,16H,11,23H2,(H,24,25,26). The number of anilines is 1. The summed E-state index contributed by atoms with van der Waals surface area (Å²) in [5.74, 6) is 0.597. The van der Waals surface area contributed by atoms with E-state index in [0.29, 0.717) is 23.6 Å². The van der Waals surface area contributed by atoms with Gasteiger partial charge in [-0.1, -0.05) is 42.5 Å². The Morgan fingerprint density at radius 2 is 1.70 bits per heavy atom.